The summed E-state index contributed by atoms with van der Waals surface area (Å²) < 4.78 is 0. The molecule has 24 heavy (non-hydrogen) atoms. The standard InChI is InChI=1S/C18H35NO.CH4N2O/c1-2-3-4-5-6-7-8-9-10-11-12-13-14-15-16-17-18(19)20;2-3-1-4/h9-10H,2-8,11-17H2,1H3,(H2,19,20);1H,2H2,(H,3,4). The number of rotatable bonds is 16. The number of unbranched alkanes of at least 4 members (excludes halogenated alkanes) is 11. The quantitative estimate of drug-likeness (QED) is 0.0983. The third-order valence-electron chi connectivity index (χ3n) is 3.75. The normalized spacial score (nSPS) is 10.2. The molecule has 2 amide bonds. The van der Waals surface area contributed by atoms with Gasteiger partial charge in [0.25, 0.3) is 0 Å². The topological polar surface area (TPSA) is 98.2 Å². The Hall–Kier alpha value is -1.36. The van der Waals surface area contributed by atoms with Gasteiger partial charge in [0.1, 0.15) is 0 Å². The van der Waals surface area contributed by atoms with Gasteiger partial charge in [-0.25, -0.2) is 5.84 Å². The van der Waals surface area contributed by atoms with E-state index in [1.807, 2.05) is 0 Å². The van der Waals surface area contributed by atoms with Crippen molar-refractivity contribution in [2.24, 2.45) is 11.6 Å². The van der Waals surface area contributed by atoms with Crippen molar-refractivity contribution in [3.63, 3.8) is 0 Å². The van der Waals surface area contributed by atoms with Crippen LogP contribution in [0.2, 0.25) is 0 Å². The molecule has 0 aromatic carbocycles. The van der Waals surface area contributed by atoms with E-state index in [1.165, 1.54) is 70.6 Å². The fraction of sp³-hybridized carbons (Fsp3) is 0.789. The number of hydrogen-bond acceptors (Lipinski definition) is 3. The fourth-order valence-corrected chi connectivity index (χ4v) is 2.37. The molecule has 0 aliphatic carbocycles. The van der Waals surface area contributed by atoms with Gasteiger partial charge in [0.2, 0.25) is 12.3 Å². The predicted octanol–water partition coefficient (Wildman–Crippen LogP) is 4.12. The van der Waals surface area contributed by atoms with Crippen LogP contribution in [-0.4, -0.2) is 12.3 Å². The largest absolute Gasteiger partial charge is 0.370 e. The van der Waals surface area contributed by atoms with Crippen molar-refractivity contribution in [3.05, 3.63) is 12.2 Å². The number of amides is 2. The lowest BCUT2D eigenvalue weighted by atomic mass is 10.1. The molecule has 0 saturated carbocycles. The van der Waals surface area contributed by atoms with Gasteiger partial charge in [-0.05, 0) is 32.1 Å². The molecule has 0 fully saturated rings. The minimum Gasteiger partial charge on any atom is -0.370 e. The molecule has 0 heterocycles. The van der Waals surface area contributed by atoms with Gasteiger partial charge < -0.3 is 5.73 Å². The van der Waals surface area contributed by atoms with Gasteiger partial charge in [-0.15, -0.1) is 0 Å². The molecular weight excluding hydrogens is 302 g/mol. The Kier molecular flexibility index (Phi) is 24.8. The molecule has 0 unspecified atom stereocenters. The van der Waals surface area contributed by atoms with E-state index in [4.69, 9.17) is 10.5 Å². The van der Waals surface area contributed by atoms with Crippen LogP contribution >= 0.6 is 0 Å². The first-order valence-corrected chi connectivity index (χ1v) is 9.52. The third kappa shape index (κ3) is 28.8. The molecule has 5 nitrogen and oxygen atoms in total. The zero-order chi connectivity index (χ0) is 18.3. The summed E-state index contributed by atoms with van der Waals surface area (Å²) in [6.07, 6.45) is 22.3. The highest BCUT2D eigenvalue weighted by molar-refractivity contribution is 5.73. The summed E-state index contributed by atoms with van der Waals surface area (Å²) >= 11 is 0. The number of hydrogen-bond donors (Lipinski definition) is 3. The molecule has 0 aliphatic rings. The Morgan fingerprint density at radius 1 is 0.833 bits per heavy atom. The first-order valence-electron chi connectivity index (χ1n) is 9.52. The molecule has 0 aromatic heterocycles. The van der Waals surface area contributed by atoms with Crippen LogP contribution in [0, 0.1) is 0 Å². The zero-order valence-electron chi connectivity index (χ0n) is 15.6. The Bertz CT molecular complexity index is 294. The monoisotopic (exact) mass is 341 g/mol. The minimum atomic E-state index is -0.164. The molecule has 0 aliphatic heterocycles. The van der Waals surface area contributed by atoms with Gasteiger partial charge in [-0.1, -0.05) is 70.4 Å². The minimum absolute atomic E-state index is 0.164. The van der Waals surface area contributed by atoms with Crippen LogP contribution in [0.4, 0.5) is 0 Å². The van der Waals surface area contributed by atoms with Crippen molar-refractivity contribution in [2.75, 3.05) is 0 Å². The van der Waals surface area contributed by atoms with E-state index in [1.54, 1.807) is 5.43 Å². The first kappa shape index (κ1) is 24.9. The van der Waals surface area contributed by atoms with Crippen molar-refractivity contribution in [3.8, 4) is 0 Å². The van der Waals surface area contributed by atoms with Gasteiger partial charge in [-0.2, -0.15) is 0 Å². The maximum absolute atomic E-state index is 10.5. The second kappa shape index (κ2) is 23.9. The lowest BCUT2D eigenvalue weighted by Gasteiger charge is -1.99. The lowest BCUT2D eigenvalue weighted by Crippen LogP contribution is -2.18. The number of hydrazine groups is 1. The van der Waals surface area contributed by atoms with Crippen molar-refractivity contribution >= 4 is 12.3 Å². The molecule has 0 aromatic rings. The summed E-state index contributed by atoms with van der Waals surface area (Å²) in [6.45, 7) is 2.26. The highest BCUT2D eigenvalue weighted by Crippen LogP contribution is 2.09. The molecular formula is C19H39N3O2. The van der Waals surface area contributed by atoms with E-state index in [-0.39, 0.29) is 5.91 Å². The Balaban J connectivity index is 0. The fourth-order valence-electron chi connectivity index (χ4n) is 2.37. The van der Waals surface area contributed by atoms with E-state index in [9.17, 15) is 4.79 Å². The van der Waals surface area contributed by atoms with Crippen LogP contribution < -0.4 is 17.0 Å². The predicted molar refractivity (Wildman–Crippen MR) is 102 cm³/mol. The molecule has 0 rings (SSSR count). The Morgan fingerprint density at radius 2 is 1.25 bits per heavy atom. The van der Waals surface area contributed by atoms with Crippen LogP contribution in [0.5, 0.6) is 0 Å². The summed E-state index contributed by atoms with van der Waals surface area (Å²) in [5, 5.41) is 0. The van der Waals surface area contributed by atoms with E-state index >= 15 is 0 Å². The summed E-state index contributed by atoms with van der Waals surface area (Å²) in [4.78, 5) is 19.5. The molecule has 0 saturated heterocycles. The maximum Gasteiger partial charge on any atom is 0.221 e. The SMILES string of the molecule is CCCCCCCCC=CCCCCCCCC(N)=O.NNC=O. The lowest BCUT2D eigenvalue weighted by molar-refractivity contribution is -0.118. The van der Waals surface area contributed by atoms with Gasteiger partial charge in [0.15, 0.2) is 0 Å². The van der Waals surface area contributed by atoms with Gasteiger partial charge >= 0.3 is 0 Å². The smallest absolute Gasteiger partial charge is 0.221 e. The van der Waals surface area contributed by atoms with E-state index < -0.39 is 0 Å². The zero-order valence-corrected chi connectivity index (χ0v) is 15.6. The molecule has 5 heteroatoms. The number of carbonyl (C=O) groups excluding carboxylic acids is 2. The van der Waals surface area contributed by atoms with Crippen LogP contribution in [0.15, 0.2) is 12.2 Å². The van der Waals surface area contributed by atoms with Crippen molar-refractivity contribution in [2.45, 2.75) is 96.8 Å². The van der Waals surface area contributed by atoms with Crippen molar-refractivity contribution in [1.82, 2.24) is 5.43 Å². The summed E-state index contributed by atoms with van der Waals surface area (Å²) in [5.74, 6) is 4.25. The van der Waals surface area contributed by atoms with Crippen LogP contribution in [-0.2, 0) is 9.59 Å². The molecule has 0 bridgehead atoms. The molecule has 0 radical (unpaired) electrons. The highest BCUT2D eigenvalue weighted by atomic mass is 16.1. The van der Waals surface area contributed by atoms with Crippen LogP contribution in [0.25, 0.3) is 0 Å². The second-order valence-corrected chi connectivity index (χ2v) is 6.09. The number of nitrogens with two attached hydrogens (primary N) is 2. The van der Waals surface area contributed by atoms with Crippen LogP contribution in [0.1, 0.15) is 96.8 Å². The Morgan fingerprint density at radius 3 is 1.67 bits per heavy atom. The van der Waals surface area contributed by atoms with Crippen LogP contribution in [0.3, 0.4) is 0 Å². The van der Waals surface area contributed by atoms with Crippen molar-refractivity contribution in [1.29, 1.82) is 0 Å². The number of carbonyl (C=O) groups is 2. The first-order chi connectivity index (χ1) is 11.7. The van der Waals surface area contributed by atoms with E-state index in [2.05, 4.69) is 24.9 Å². The Labute approximate surface area is 148 Å². The van der Waals surface area contributed by atoms with Crippen molar-refractivity contribution < 1.29 is 9.59 Å². The summed E-state index contributed by atoms with van der Waals surface area (Å²) in [7, 11) is 0. The number of allylic oxidation sites excluding steroid dienone is 2. The molecule has 0 atom stereocenters. The number of primary amides is 1. The third-order valence-corrected chi connectivity index (χ3v) is 3.75. The average molecular weight is 342 g/mol. The highest BCUT2D eigenvalue weighted by Gasteiger charge is 1.94. The van der Waals surface area contributed by atoms with Gasteiger partial charge in [-0.3, -0.25) is 15.0 Å². The van der Waals surface area contributed by atoms with E-state index in [0.29, 0.717) is 12.8 Å². The van der Waals surface area contributed by atoms with E-state index in [0.717, 1.165) is 12.8 Å². The van der Waals surface area contributed by atoms with Gasteiger partial charge in [0, 0.05) is 6.42 Å². The number of nitrogens with one attached hydrogen (secondary N) is 1. The average Bonchev–Trinajstić information content (AvgIpc) is 2.58. The summed E-state index contributed by atoms with van der Waals surface area (Å²) in [6, 6.07) is 0. The summed E-state index contributed by atoms with van der Waals surface area (Å²) in [5.41, 5.74) is 6.85. The maximum atomic E-state index is 10.5. The second-order valence-electron chi connectivity index (χ2n) is 6.09. The molecule has 5 N–H and O–H groups in total. The molecule has 0 spiro atoms. The van der Waals surface area contributed by atoms with Gasteiger partial charge in [0.05, 0.1) is 0 Å². The molecule has 142 valence electrons.